The molecule has 0 radical (unpaired) electrons. The van der Waals surface area contributed by atoms with E-state index in [4.69, 9.17) is 12.2 Å². The molecule has 5 rings (SSSR count). The standard InChI is InChI=1S/C28H27N5O2S/c1-18-16-23(19(2)33(18)21-11-13-22(34)14-12-21)27-26(24-10-6-7-15-29-24)31-28(36)32(27)17-25(35)30-20-8-4-3-5-9-20/h3-16,26-27,34H,17H2,1-2H3,(H,30,35)(H,31,36)/t26-,27-/m1/s1. The van der Waals surface area contributed by atoms with Crippen LogP contribution in [0.5, 0.6) is 5.75 Å². The molecule has 1 aliphatic heterocycles. The fourth-order valence-corrected chi connectivity index (χ4v) is 5.18. The van der Waals surface area contributed by atoms with Crippen LogP contribution in [0.1, 0.15) is 34.7 Å². The first-order valence-electron chi connectivity index (χ1n) is 11.7. The Balaban J connectivity index is 1.53. The van der Waals surface area contributed by atoms with Crippen molar-refractivity contribution in [1.82, 2.24) is 19.8 Å². The van der Waals surface area contributed by atoms with Crippen LogP contribution in [-0.4, -0.2) is 37.1 Å². The number of amides is 1. The van der Waals surface area contributed by atoms with E-state index in [-0.39, 0.29) is 30.3 Å². The number of hydrogen-bond acceptors (Lipinski definition) is 4. The molecule has 1 amide bonds. The monoisotopic (exact) mass is 497 g/mol. The van der Waals surface area contributed by atoms with Gasteiger partial charge in [0.25, 0.3) is 0 Å². The van der Waals surface area contributed by atoms with E-state index >= 15 is 0 Å². The van der Waals surface area contributed by atoms with Crippen LogP contribution >= 0.6 is 12.2 Å². The van der Waals surface area contributed by atoms with Crippen molar-refractivity contribution in [3.05, 3.63) is 108 Å². The largest absolute Gasteiger partial charge is 0.508 e. The molecule has 1 aliphatic rings. The number of nitrogens with zero attached hydrogens (tertiary/aromatic N) is 3. The fraction of sp³-hybridized carbons (Fsp3) is 0.179. The molecule has 2 aromatic carbocycles. The second-order valence-electron chi connectivity index (χ2n) is 8.85. The lowest BCUT2D eigenvalue weighted by Gasteiger charge is -2.27. The summed E-state index contributed by atoms with van der Waals surface area (Å²) in [5, 5.41) is 16.6. The van der Waals surface area contributed by atoms with E-state index in [1.165, 1.54) is 0 Å². The summed E-state index contributed by atoms with van der Waals surface area (Å²) in [5.74, 6) is 0.0713. The van der Waals surface area contributed by atoms with E-state index in [0.29, 0.717) is 5.11 Å². The normalized spacial score (nSPS) is 17.2. The summed E-state index contributed by atoms with van der Waals surface area (Å²) in [6.45, 7) is 4.21. The van der Waals surface area contributed by atoms with Crippen LogP contribution in [-0.2, 0) is 4.79 Å². The van der Waals surface area contributed by atoms with Gasteiger partial charge in [0.1, 0.15) is 12.3 Å². The zero-order chi connectivity index (χ0) is 25.2. The number of phenols is 1. The van der Waals surface area contributed by atoms with Gasteiger partial charge in [-0.2, -0.15) is 0 Å². The Morgan fingerprint density at radius 3 is 2.47 bits per heavy atom. The number of hydrogen-bond donors (Lipinski definition) is 3. The average Bonchev–Trinajstić information content (AvgIpc) is 3.35. The molecule has 0 saturated carbocycles. The Morgan fingerprint density at radius 1 is 1.06 bits per heavy atom. The maximum absolute atomic E-state index is 13.1. The molecule has 7 nitrogen and oxygen atoms in total. The Morgan fingerprint density at radius 2 is 1.78 bits per heavy atom. The summed E-state index contributed by atoms with van der Waals surface area (Å²) in [5.41, 5.74) is 5.67. The summed E-state index contributed by atoms with van der Waals surface area (Å²) < 4.78 is 2.15. The van der Waals surface area contributed by atoms with Crippen LogP contribution in [0.2, 0.25) is 0 Å². The quantitative estimate of drug-likeness (QED) is 0.332. The predicted octanol–water partition coefficient (Wildman–Crippen LogP) is 4.81. The molecular weight excluding hydrogens is 470 g/mol. The van der Waals surface area contributed by atoms with E-state index in [9.17, 15) is 9.90 Å². The summed E-state index contributed by atoms with van der Waals surface area (Å²) in [4.78, 5) is 19.6. The van der Waals surface area contributed by atoms with E-state index in [1.807, 2.05) is 72.5 Å². The fourth-order valence-electron chi connectivity index (χ4n) is 4.88. The van der Waals surface area contributed by atoms with Crippen molar-refractivity contribution in [2.24, 2.45) is 0 Å². The second kappa shape index (κ2) is 9.83. The van der Waals surface area contributed by atoms with Crippen molar-refractivity contribution in [1.29, 1.82) is 0 Å². The van der Waals surface area contributed by atoms with Crippen LogP contribution in [0.25, 0.3) is 5.69 Å². The van der Waals surface area contributed by atoms with Gasteiger partial charge < -0.3 is 25.2 Å². The molecule has 2 atom stereocenters. The van der Waals surface area contributed by atoms with Crippen LogP contribution in [0.4, 0.5) is 5.69 Å². The number of carbonyl (C=O) groups excluding carboxylic acids is 1. The van der Waals surface area contributed by atoms with E-state index in [2.05, 4.69) is 33.2 Å². The number of thiocarbonyl (C=S) groups is 1. The van der Waals surface area contributed by atoms with Crippen molar-refractivity contribution in [3.63, 3.8) is 0 Å². The minimum Gasteiger partial charge on any atom is -0.508 e. The third-order valence-electron chi connectivity index (χ3n) is 6.47. The summed E-state index contributed by atoms with van der Waals surface area (Å²) in [6.07, 6.45) is 1.77. The van der Waals surface area contributed by atoms with Crippen molar-refractivity contribution < 1.29 is 9.90 Å². The molecule has 1 fully saturated rings. The number of pyridine rings is 1. The molecule has 3 N–H and O–H groups in total. The van der Waals surface area contributed by atoms with Crippen molar-refractivity contribution in [2.45, 2.75) is 25.9 Å². The van der Waals surface area contributed by atoms with Crippen molar-refractivity contribution >= 4 is 28.9 Å². The summed E-state index contributed by atoms with van der Waals surface area (Å²) in [7, 11) is 0. The highest BCUT2D eigenvalue weighted by Crippen LogP contribution is 2.41. The minimum absolute atomic E-state index is 0.0948. The van der Waals surface area contributed by atoms with Crippen molar-refractivity contribution in [3.8, 4) is 11.4 Å². The van der Waals surface area contributed by atoms with Crippen LogP contribution in [0.15, 0.2) is 85.1 Å². The molecule has 0 spiro atoms. The zero-order valence-electron chi connectivity index (χ0n) is 20.1. The molecular formula is C28H27N5O2S. The molecule has 1 saturated heterocycles. The highest BCUT2D eigenvalue weighted by atomic mass is 32.1. The lowest BCUT2D eigenvalue weighted by atomic mass is 9.96. The number of para-hydroxylation sites is 1. The van der Waals surface area contributed by atoms with Gasteiger partial charge in [0.05, 0.1) is 17.8 Å². The van der Waals surface area contributed by atoms with Gasteiger partial charge in [-0.05, 0) is 86.2 Å². The molecule has 2 aromatic heterocycles. The van der Waals surface area contributed by atoms with E-state index in [1.54, 1.807) is 18.3 Å². The topological polar surface area (TPSA) is 82.4 Å². The number of aromatic hydroxyl groups is 1. The second-order valence-corrected chi connectivity index (χ2v) is 9.23. The van der Waals surface area contributed by atoms with Crippen LogP contribution < -0.4 is 10.6 Å². The highest BCUT2D eigenvalue weighted by molar-refractivity contribution is 7.80. The number of nitrogens with one attached hydrogen (secondary N) is 2. The smallest absolute Gasteiger partial charge is 0.244 e. The number of rotatable bonds is 6. The van der Waals surface area contributed by atoms with Gasteiger partial charge in [-0.15, -0.1) is 0 Å². The molecule has 0 aliphatic carbocycles. The van der Waals surface area contributed by atoms with Crippen molar-refractivity contribution in [2.75, 3.05) is 11.9 Å². The Bertz CT molecular complexity index is 1390. The Kier molecular flexibility index (Phi) is 6.43. The minimum atomic E-state index is -0.244. The molecule has 0 unspecified atom stereocenters. The van der Waals surface area contributed by atoms with E-state index < -0.39 is 0 Å². The van der Waals surface area contributed by atoms with Gasteiger partial charge in [-0.25, -0.2) is 0 Å². The number of carbonyl (C=O) groups is 1. The van der Waals surface area contributed by atoms with E-state index in [0.717, 1.165) is 34.0 Å². The lowest BCUT2D eigenvalue weighted by molar-refractivity contribution is -0.116. The zero-order valence-corrected chi connectivity index (χ0v) is 20.9. The first-order chi connectivity index (χ1) is 17.4. The third-order valence-corrected chi connectivity index (χ3v) is 6.82. The number of aryl methyl sites for hydroxylation is 1. The Labute approximate surface area is 215 Å². The highest BCUT2D eigenvalue weighted by Gasteiger charge is 2.42. The van der Waals surface area contributed by atoms with Gasteiger partial charge in [0, 0.05) is 29.0 Å². The van der Waals surface area contributed by atoms with Gasteiger partial charge in [0.2, 0.25) is 5.91 Å². The first kappa shape index (κ1) is 23.6. The number of anilines is 1. The van der Waals surface area contributed by atoms with Crippen LogP contribution in [0, 0.1) is 13.8 Å². The first-order valence-corrected chi connectivity index (χ1v) is 12.1. The maximum atomic E-state index is 13.1. The van der Waals surface area contributed by atoms with Gasteiger partial charge in [-0.1, -0.05) is 24.3 Å². The summed E-state index contributed by atoms with van der Waals surface area (Å²) >= 11 is 5.74. The number of phenolic OH excluding ortho intramolecular Hbond substituents is 1. The number of aromatic nitrogens is 2. The SMILES string of the molecule is Cc1cc([C@@H]2[C@@H](c3ccccn3)NC(=S)N2CC(=O)Nc2ccccc2)c(C)n1-c1ccc(O)cc1. The van der Waals surface area contributed by atoms with Crippen LogP contribution in [0.3, 0.4) is 0 Å². The maximum Gasteiger partial charge on any atom is 0.244 e. The van der Waals surface area contributed by atoms with Gasteiger partial charge >= 0.3 is 0 Å². The summed E-state index contributed by atoms with van der Waals surface area (Å²) in [6, 6.07) is 24.0. The average molecular weight is 498 g/mol. The third kappa shape index (κ3) is 4.55. The molecule has 36 heavy (non-hydrogen) atoms. The number of benzene rings is 2. The molecule has 4 aromatic rings. The van der Waals surface area contributed by atoms with Gasteiger partial charge in [-0.3, -0.25) is 9.78 Å². The van der Waals surface area contributed by atoms with Gasteiger partial charge in [0.15, 0.2) is 5.11 Å². The predicted molar refractivity (Wildman–Crippen MR) is 144 cm³/mol. The molecule has 8 heteroatoms. The molecule has 0 bridgehead atoms. The molecule has 3 heterocycles. The lowest BCUT2D eigenvalue weighted by Crippen LogP contribution is -2.37. The Hall–Kier alpha value is -4.17. The molecule has 182 valence electrons.